The van der Waals surface area contributed by atoms with E-state index in [9.17, 15) is 9.59 Å². The average Bonchev–Trinajstić information content (AvgIpc) is 2.77. The lowest BCUT2D eigenvalue weighted by Crippen LogP contribution is -2.49. The van der Waals surface area contributed by atoms with Crippen LogP contribution in [0, 0.1) is 6.92 Å². The van der Waals surface area contributed by atoms with Gasteiger partial charge in [0.25, 0.3) is 0 Å². The predicted octanol–water partition coefficient (Wildman–Crippen LogP) is 5.85. The summed E-state index contributed by atoms with van der Waals surface area (Å²) in [6, 6.07) is 15.3. The van der Waals surface area contributed by atoms with Crippen LogP contribution >= 0.6 is 23.4 Å². The van der Waals surface area contributed by atoms with Gasteiger partial charge in [-0.05, 0) is 67.3 Å². The van der Waals surface area contributed by atoms with E-state index in [2.05, 4.69) is 5.32 Å². The number of nitrogens with zero attached hydrogens (tertiary/aromatic N) is 1. The summed E-state index contributed by atoms with van der Waals surface area (Å²) < 4.78 is 0. The van der Waals surface area contributed by atoms with Crippen LogP contribution in [-0.2, 0) is 16.1 Å². The molecule has 1 N–H and O–H groups in total. The monoisotopic (exact) mass is 460 g/mol. The van der Waals surface area contributed by atoms with Gasteiger partial charge in [0.1, 0.15) is 6.04 Å². The number of nitrogens with one attached hydrogen (secondary N) is 1. The summed E-state index contributed by atoms with van der Waals surface area (Å²) in [4.78, 5) is 28.9. The van der Waals surface area contributed by atoms with Crippen molar-refractivity contribution in [3.8, 4) is 0 Å². The molecule has 6 heteroatoms. The van der Waals surface area contributed by atoms with Gasteiger partial charge in [0, 0.05) is 29.4 Å². The molecule has 168 valence electrons. The Morgan fingerprint density at radius 2 is 1.81 bits per heavy atom. The summed E-state index contributed by atoms with van der Waals surface area (Å²) in [6.07, 6.45) is 2.63. The SMILES string of the molecule is CCCNC(=O)[C@H](CC)N(Cc1ccccc1C)C(=O)CCCSc1ccc(Cl)cc1. The summed E-state index contributed by atoms with van der Waals surface area (Å²) in [5.74, 6) is 0.796. The van der Waals surface area contributed by atoms with Crippen LogP contribution in [0.15, 0.2) is 53.4 Å². The second-order valence-corrected chi connectivity index (χ2v) is 9.17. The molecular formula is C25H33ClN2O2S. The van der Waals surface area contributed by atoms with Gasteiger partial charge in [-0.1, -0.05) is 49.7 Å². The first-order valence-electron chi connectivity index (χ1n) is 11.0. The summed E-state index contributed by atoms with van der Waals surface area (Å²) in [7, 11) is 0. The number of amides is 2. The molecule has 0 radical (unpaired) electrons. The van der Waals surface area contributed by atoms with E-state index in [1.807, 2.05) is 69.3 Å². The number of aryl methyl sites for hydroxylation is 1. The van der Waals surface area contributed by atoms with Gasteiger partial charge in [-0.25, -0.2) is 0 Å². The fourth-order valence-electron chi connectivity index (χ4n) is 3.34. The lowest BCUT2D eigenvalue weighted by molar-refractivity contribution is -0.141. The molecule has 2 rings (SSSR count). The Labute approximate surface area is 195 Å². The molecule has 0 bridgehead atoms. The van der Waals surface area contributed by atoms with E-state index in [1.54, 1.807) is 16.7 Å². The first-order valence-corrected chi connectivity index (χ1v) is 12.3. The third-order valence-corrected chi connectivity index (χ3v) is 6.50. The Kier molecular flexibility index (Phi) is 11.0. The second kappa shape index (κ2) is 13.4. The molecule has 0 saturated heterocycles. The summed E-state index contributed by atoms with van der Waals surface area (Å²) >= 11 is 7.65. The van der Waals surface area contributed by atoms with Gasteiger partial charge >= 0.3 is 0 Å². The first kappa shape index (κ1) is 25.3. The molecule has 1 atom stereocenters. The maximum atomic E-state index is 13.2. The summed E-state index contributed by atoms with van der Waals surface area (Å²) in [5, 5.41) is 3.69. The maximum Gasteiger partial charge on any atom is 0.242 e. The average molecular weight is 461 g/mol. The maximum absolute atomic E-state index is 13.2. The normalized spacial score (nSPS) is 11.7. The van der Waals surface area contributed by atoms with Gasteiger partial charge < -0.3 is 10.2 Å². The van der Waals surface area contributed by atoms with Gasteiger partial charge in [-0.15, -0.1) is 11.8 Å². The van der Waals surface area contributed by atoms with Crippen LogP contribution in [0.4, 0.5) is 0 Å². The van der Waals surface area contributed by atoms with Gasteiger partial charge in [0.15, 0.2) is 0 Å². The highest BCUT2D eigenvalue weighted by Crippen LogP contribution is 2.22. The molecule has 0 unspecified atom stereocenters. The van der Waals surface area contributed by atoms with E-state index in [1.165, 1.54) is 0 Å². The minimum atomic E-state index is -0.456. The molecular weight excluding hydrogens is 428 g/mol. The minimum absolute atomic E-state index is 0.0263. The number of hydrogen-bond donors (Lipinski definition) is 1. The van der Waals surface area contributed by atoms with Crippen LogP contribution in [-0.4, -0.2) is 35.1 Å². The number of halogens is 1. The Hall–Kier alpha value is -1.98. The Bertz CT molecular complexity index is 842. The highest BCUT2D eigenvalue weighted by Gasteiger charge is 2.28. The molecule has 2 amide bonds. The third-order valence-electron chi connectivity index (χ3n) is 5.15. The smallest absolute Gasteiger partial charge is 0.242 e. The highest BCUT2D eigenvalue weighted by atomic mass is 35.5. The molecule has 0 aliphatic carbocycles. The number of thioether (sulfide) groups is 1. The Morgan fingerprint density at radius 3 is 2.45 bits per heavy atom. The van der Waals surface area contributed by atoms with E-state index < -0.39 is 6.04 Å². The van der Waals surface area contributed by atoms with Crippen LogP contribution in [0.3, 0.4) is 0 Å². The fraction of sp³-hybridized carbons (Fsp3) is 0.440. The van der Waals surface area contributed by atoms with Crippen LogP contribution in [0.5, 0.6) is 0 Å². The number of rotatable bonds is 12. The summed E-state index contributed by atoms with van der Waals surface area (Å²) in [5.41, 5.74) is 2.20. The van der Waals surface area contributed by atoms with Gasteiger partial charge in [-0.3, -0.25) is 9.59 Å². The second-order valence-electron chi connectivity index (χ2n) is 7.57. The van der Waals surface area contributed by atoms with Gasteiger partial charge in [0.05, 0.1) is 0 Å². The Balaban J connectivity index is 2.04. The van der Waals surface area contributed by atoms with E-state index in [0.29, 0.717) is 25.9 Å². The molecule has 0 aromatic heterocycles. The zero-order valence-corrected chi connectivity index (χ0v) is 20.3. The number of benzene rings is 2. The molecule has 0 aliphatic heterocycles. The fourth-order valence-corrected chi connectivity index (χ4v) is 4.32. The summed E-state index contributed by atoms with van der Waals surface area (Å²) in [6.45, 7) is 7.10. The molecule has 2 aromatic carbocycles. The molecule has 0 spiro atoms. The number of carbonyl (C=O) groups is 2. The van der Waals surface area contributed by atoms with E-state index >= 15 is 0 Å². The molecule has 0 saturated carbocycles. The van der Waals surface area contributed by atoms with E-state index in [4.69, 9.17) is 11.6 Å². The quantitative estimate of drug-likeness (QED) is 0.319. The van der Waals surface area contributed by atoms with Crippen LogP contribution in [0.25, 0.3) is 0 Å². The van der Waals surface area contributed by atoms with Crippen molar-refractivity contribution in [3.63, 3.8) is 0 Å². The molecule has 31 heavy (non-hydrogen) atoms. The van der Waals surface area contributed by atoms with Crippen molar-refractivity contribution < 1.29 is 9.59 Å². The minimum Gasteiger partial charge on any atom is -0.354 e. The van der Waals surface area contributed by atoms with Crippen molar-refractivity contribution >= 4 is 35.2 Å². The number of hydrogen-bond acceptors (Lipinski definition) is 3. The predicted molar refractivity (Wildman–Crippen MR) is 131 cm³/mol. The van der Waals surface area contributed by atoms with Crippen LogP contribution in [0.1, 0.15) is 50.7 Å². The lowest BCUT2D eigenvalue weighted by atomic mass is 10.1. The zero-order valence-electron chi connectivity index (χ0n) is 18.7. The zero-order chi connectivity index (χ0) is 22.6. The van der Waals surface area contributed by atoms with Crippen molar-refractivity contribution in [1.82, 2.24) is 10.2 Å². The van der Waals surface area contributed by atoms with Gasteiger partial charge in [0.2, 0.25) is 11.8 Å². The van der Waals surface area contributed by atoms with Crippen molar-refractivity contribution in [3.05, 3.63) is 64.7 Å². The van der Waals surface area contributed by atoms with Crippen LogP contribution < -0.4 is 5.32 Å². The van der Waals surface area contributed by atoms with Crippen molar-refractivity contribution in [2.24, 2.45) is 0 Å². The number of carbonyl (C=O) groups excluding carboxylic acids is 2. The largest absolute Gasteiger partial charge is 0.354 e. The molecule has 0 heterocycles. The highest BCUT2D eigenvalue weighted by molar-refractivity contribution is 7.99. The lowest BCUT2D eigenvalue weighted by Gasteiger charge is -2.31. The van der Waals surface area contributed by atoms with E-state index in [-0.39, 0.29) is 11.8 Å². The molecule has 0 fully saturated rings. The Morgan fingerprint density at radius 1 is 1.10 bits per heavy atom. The van der Waals surface area contributed by atoms with E-state index in [0.717, 1.165) is 39.6 Å². The van der Waals surface area contributed by atoms with Gasteiger partial charge in [-0.2, -0.15) is 0 Å². The van der Waals surface area contributed by atoms with Crippen molar-refractivity contribution in [1.29, 1.82) is 0 Å². The standard InChI is InChI=1S/C25H33ClN2O2S/c1-4-16-27-25(30)23(5-2)28(18-20-10-7-6-9-19(20)3)24(29)11-8-17-31-22-14-12-21(26)13-15-22/h6-7,9-10,12-15,23H,4-5,8,11,16-18H2,1-3H3,(H,27,30)/t23-/m0/s1. The first-order chi connectivity index (χ1) is 15.0. The van der Waals surface area contributed by atoms with Crippen molar-refractivity contribution in [2.75, 3.05) is 12.3 Å². The van der Waals surface area contributed by atoms with Crippen molar-refractivity contribution in [2.45, 2.75) is 63.9 Å². The molecule has 4 nitrogen and oxygen atoms in total. The molecule has 0 aliphatic rings. The topological polar surface area (TPSA) is 49.4 Å². The van der Waals surface area contributed by atoms with Crippen LogP contribution in [0.2, 0.25) is 5.02 Å². The third kappa shape index (κ3) is 8.23. The molecule has 2 aromatic rings.